The number of amides is 3. The van der Waals surface area contributed by atoms with E-state index in [1.54, 1.807) is 32.2 Å². The summed E-state index contributed by atoms with van der Waals surface area (Å²) in [6.07, 6.45) is 9.30. The van der Waals surface area contributed by atoms with E-state index in [1.165, 1.54) is 32.1 Å². The SMILES string of the molecule is CC[C@@H]1C(=O)N(C)c2cnc(Nc3cc4c(cc3OC)CCN4C(=O)CN3CCN(C(C)=O)CC3)nc2N1CC1CCCCC1. The number of benzene rings is 1. The van der Waals surface area contributed by atoms with E-state index in [-0.39, 0.29) is 23.8 Å². The van der Waals surface area contributed by atoms with Crippen LogP contribution in [0.15, 0.2) is 18.3 Å². The number of hydrogen-bond donors (Lipinski definition) is 1. The molecule has 4 aliphatic rings. The number of nitrogens with zero attached hydrogens (tertiary/aromatic N) is 7. The van der Waals surface area contributed by atoms with Crippen LogP contribution in [-0.2, 0) is 20.8 Å². The molecule has 4 heterocycles. The number of likely N-dealkylation sites (N-methyl/N-ethyl adjacent to an activating group) is 1. The van der Waals surface area contributed by atoms with Gasteiger partial charge < -0.3 is 29.7 Å². The first-order valence-electron chi connectivity index (χ1n) is 16.4. The third-order valence-electron chi connectivity index (χ3n) is 9.96. The van der Waals surface area contributed by atoms with Crippen molar-refractivity contribution in [3.63, 3.8) is 0 Å². The number of aromatic nitrogens is 2. The summed E-state index contributed by atoms with van der Waals surface area (Å²) in [6.45, 7) is 8.05. The molecule has 1 saturated carbocycles. The van der Waals surface area contributed by atoms with E-state index >= 15 is 0 Å². The van der Waals surface area contributed by atoms with E-state index in [9.17, 15) is 14.4 Å². The normalized spacial score (nSPS) is 20.7. The summed E-state index contributed by atoms with van der Waals surface area (Å²) in [5.41, 5.74) is 3.31. The van der Waals surface area contributed by atoms with E-state index in [0.717, 1.165) is 30.0 Å². The van der Waals surface area contributed by atoms with Crippen LogP contribution in [0.2, 0.25) is 0 Å². The second-order valence-corrected chi connectivity index (χ2v) is 12.8. The van der Waals surface area contributed by atoms with E-state index < -0.39 is 0 Å². The number of rotatable bonds is 8. The summed E-state index contributed by atoms with van der Waals surface area (Å²) < 4.78 is 5.76. The van der Waals surface area contributed by atoms with Crippen molar-refractivity contribution in [3.05, 3.63) is 23.9 Å². The molecule has 2 aromatic rings. The quantitative estimate of drug-likeness (QED) is 0.475. The van der Waals surface area contributed by atoms with Crippen LogP contribution in [0.25, 0.3) is 0 Å². The lowest BCUT2D eigenvalue weighted by Gasteiger charge is -2.42. The molecule has 12 nitrogen and oxygen atoms in total. The summed E-state index contributed by atoms with van der Waals surface area (Å²) in [5, 5.41) is 3.38. The highest BCUT2D eigenvalue weighted by molar-refractivity contribution is 6.04. The number of anilines is 5. The molecule has 6 rings (SSSR count). The molecule has 1 N–H and O–H groups in total. The number of hydrogen-bond acceptors (Lipinski definition) is 9. The molecule has 242 valence electrons. The van der Waals surface area contributed by atoms with Crippen molar-refractivity contribution in [1.82, 2.24) is 19.8 Å². The molecule has 1 aliphatic carbocycles. The summed E-state index contributed by atoms with van der Waals surface area (Å²) in [7, 11) is 3.44. The highest BCUT2D eigenvalue weighted by atomic mass is 16.5. The molecule has 0 spiro atoms. The number of fused-ring (bicyclic) bond motifs is 2. The monoisotopic (exact) mass is 618 g/mol. The van der Waals surface area contributed by atoms with Crippen molar-refractivity contribution < 1.29 is 19.1 Å². The van der Waals surface area contributed by atoms with Gasteiger partial charge in [-0.25, -0.2) is 4.98 Å². The zero-order chi connectivity index (χ0) is 31.7. The maximum Gasteiger partial charge on any atom is 0.249 e. The Balaban J connectivity index is 1.23. The first-order chi connectivity index (χ1) is 21.8. The minimum Gasteiger partial charge on any atom is -0.495 e. The molecule has 1 aromatic heterocycles. The molecule has 0 bridgehead atoms. The summed E-state index contributed by atoms with van der Waals surface area (Å²) >= 11 is 0. The van der Waals surface area contributed by atoms with Crippen molar-refractivity contribution in [2.24, 2.45) is 5.92 Å². The third kappa shape index (κ3) is 6.29. The van der Waals surface area contributed by atoms with E-state index in [2.05, 4.69) is 27.0 Å². The Bertz CT molecular complexity index is 1440. The zero-order valence-electron chi connectivity index (χ0n) is 27.0. The lowest BCUT2D eigenvalue weighted by molar-refractivity contribution is -0.130. The summed E-state index contributed by atoms with van der Waals surface area (Å²) in [6, 6.07) is 3.69. The fourth-order valence-electron chi connectivity index (χ4n) is 7.31. The number of ether oxygens (including phenoxy) is 1. The number of methoxy groups -OCH3 is 1. The highest BCUT2D eigenvalue weighted by Crippen LogP contribution is 2.40. The van der Waals surface area contributed by atoms with Crippen molar-refractivity contribution >= 4 is 46.5 Å². The molecule has 2 fully saturated rings. The Hall–Kier alpha value is -3.93. The van der Waals surface area contributed by atoms with Gasteiger partial charge >= 0.3 is 0 Å². The molecule has 3 aliphatic heterocycles. The minimum atomic E-state index is -0.258. The van der Waals surface area contributed by atoms with Gasteiger partial charge in [0.15, 0.2) is 5.82 Å². The molecule has 1 atom stereocenters. The van der Waals surface area contributed by atoms with Gasteiger partial charge in [0.05, 0.1) is 25.5 Å². The van der Waals surface area contributed by atoms with Crippen LogP contribution in [0.4, 0.5) is 28.8 Å². The largest absolute Gasteiger partial charge is 0.495 e. The first kappa shape index (κ1) is 31.1. The second-order valence-electron chi connectivity index (χ2n) is 12.8. The Labute approximate surface area is 265 Å². The van der Waals surface area contributed by atoms with Gasteiger partial charge in [-0.05, 0) is 49.3 Å². The zero-order valence-corrected chi connectivity index (χ0v) is 27.0. The van der Waals surface area contributed by atoms with Crippen molar-refractivity contribution in [2.45, 2.75) is 64.8 Å². The van der Waals surface area contributed by atoms with Crippen molar-refractivity contribution in [3.8, 4) is 5.75 Å². The first-order valence-corrected chi connectivity index (χ1v) is 16.4. The summed E-state index contributed by atoms with van der Waals surface area (Å²) in [5.74, 6) is 2.59. The van der Waals surface area contributed by atoms with Gasteiger partial charge in [0.2, 0.25) is 23.7 Å². The number of carbonyl (C=O) groups is 3. The average molecular weight is 619 g/mol. The van der Waals surface area contributed by atoms with Gasteiger partial charge in [-0.15, -0.1) is 0 Å². The molecule has 1 saturated heterocycles. The van der Waals surface area contributed by atoms with Gasteiger partial charge in [0, 0.05) is 58.9 Å². The fourth-order valence-corrected chi connectivity index (χ4v) is 7.31. The lowest BCUT2D eigenvalue weighted by atomic mass is 9.88. The number of piperazine rings is 1. The third-order valence-corrected chi connectivity index (χ3v) is 9.96. The van der Waals surface area contributed by atoms with Gasteiger partial charge in [0.1, 0.15) is 17.5 Å². The average Bonchev–Trinajstić information content (AvgIpc) is 3.47. The Morgan fingerprint density at radius 2 is 1.80 bits per heavy atom. The van der Waals surface area contributed by atoms with Gasteiger partial charge in [0.25, 0.3) is 0 Å². The molecule has 45 heavy (non-hydrogen) atoms. The van der Waals surface area contributed by atoms with Crippen LogP contribution >= 0.6 is 0 Å². The molecule has 1 aromatic carbocycles. The van der Waals surface area contributed by atoms with E-state index in [0.29, 0.717) is 74.7 Å². The van der Waals surface area contributed by atoms with Crippen molar-refractivity contribution in [1.29, 1.82) is 0 Å². The summed E-state index contributed by atoms with van der Waals surface area (Å²) in [4.78, 5) is 57.8. The Kier molecular flexibility index (Phi) is 9.11. The predicted octanol–water partition coefficient (Wildman–Crippen LogP) is 3.42. The molecular weight excluding hydrogens is 572 g/mol. The Morgan fingerprint density at radius 1 is 1.04 bits per heavy atom. The molecule has 0 radical (unpaired) electrons. The number of nitrogens with one attached hydrogen (secondary N) is 1. The van der Waals surface area contributed by atoms with E-state index in [1.807, 2.05) is 21.9 Å². The van der Waals surface area contributed by atoms with Crippen LogP contribution in [0, 0.1) is 5.92 Å². The van der Waals surface area contributed by atoms with E-state index in [4.69, 9.17) is 9.72 Å². The van der Waals surface area contributed by atoms with Gasteiger partial charge in [-0.3, -0.25) is 19.3 Å². The lowest BCUT2D eigenvalue weighted by Crippen LogP contribution is -2.53. The van der Waals surface area contributed by atoms with Crippen molar-refractivity contribution in [2.75, 3.05) is 80.0 Å². The predicted molar refractivity (Wildman–Crippen MR) is 174 cm³/mol. The van der Waals surface area contributed by atoms with Crippen LogP contribution in [0.3, 0.4) is 0 Å². The molecule has 3 amide bonds. The Morgan fingerprint density at radius 3 is 2.49 bits per heavy atom. The number of carbonyl (C=O) groups excluding carboxylic acids is 3. The highest BCUT2D eigenvalue weighted by Gasteiger charge is 2.38. The van der Waals surface area contributed by atoms with Gasteiger partial charge in [-0.2, -0.15) is 4.98 Å². The van der Waals surface area contributed by atoms with Gasteiger partial charge in [-0.1, -0.05) is 26.2 Å². The second kappa shape index (κ2) is 13.2. The van der Waals surface area contributed by atoms with Crippen LogP contribution < -0.4 is 24.8 Å². The molecule has 0 unspecified atom stereocenters. The van der Waals surface area contributed by atoms with Crippen LogP contribution in [-0.4, -0.2) is 104 Å². The molecular formula is C33H46N8O4. The standard InChI is InChI=1S/C33H46N8O4/c1-5-26-32(44)37(3)28-19-34-33(36-31(28)41(26)20-23-9-7-6-8-10-23)35-25-18-27-24(17-29(25)45-4)11-12-40(27)30(43)21-38-13-15-39(16-14-38)22(2)42/h17-19,23,26H,5-16,20-21H2,1-4H3,(H,34,35,36)/t26-/m1/s1. The maximum absolute atomic E-state index is 13.5. The van der Waals surface area contributed by atoms with Crippen LogP contribution in [0.1, 0.15) is 57.9 Å². The fraction of sp³-hybridized carbons (Fsp3) is 0.606. The molecule has 12 heteroatoms. The topological polar surface area (TPSA) is 114 Å². The maximum atomic E-state index is 13.5. The smallest absolute Gasteiger partial charge is 0.249 e. The minimum absolute atomic E-state index is 0.0443. The van der Waals surface area contributed by atoms with Crippen LogP contribution in [0.5, 0.6) is 5.75 Å².